The molecule has 0 bridgehead atoms. The van der Waals surface area contributed by atoms with Crippen molar-refractivity contribution in [3.63, 3.8) is 0 Å². The molecule has 0 aliphatic carbocycles. The normalized spacial score (nSPS) is 11.1. The van der Waals surface area contributed by atoms with Crippen molar-refractivity contribution >= 4 is 11.0 Å². The van der Waals surface area contributed by atoms with Crippen LogP contribution in [0.2, 0.25) is 0 Å². The summed E-state index contributed by atoms with van der Waals surface area (Å²) in [6, 6.07) is 6.30. The van der Waals surface area contributed by atoms with Crippen molar-refractivity contribution in [1.29, 1.82) is 0 Å². The molecule has 15 heavy (non-hydrogen) atoms. The zero-order valence-corrected chi connectivity index (χ0v) is 8.99. The van der Waals surface area contributed by atoms with Crippen LogP contribution in [0.3, 0.4) is 0 Å². The van der Waals surface area contributed by atoms with Gasteiger partial charge < -0.3 is 10.3 Å². The Morgan fingerprint density at radius 3 is 3.00 bits per heavy atom. The van der Waals surface area contributed by atoms with Gasteiger partial charge in [-0.1, -0.05) is 11.2 Å². The average molecular weight is 204 g/mol. The van der Waals surface area contributed by atoms with Crippen LogP contribution < -0.4 is 5.73 Å². The molecule has 2 rings (SSSR count). The second-order valence-corrected chi connectivity index (χ2v) is 3.84. The highest BCUT2D eigenvalue weighted by molar-refractivity contribution is 5.79. The van der Waals surface area contributed by atoms with E-state index >= 15 is 0 Å². The maximum atomic E-state index is 5.46. The van der Waals surface area contributed by atoms with E-state index in [1.54, 1.807) is 0 Å². The van der Waals surface area contributed by atoms with Gasteiger partial charge in [0.25, 0.3) is 0 Å². The van der Waals surface area contributed by atoms with Gasteiger partial charge in [-0.3, -0.25) is 0 Å². The molecule has 0 saturated carbocycles. The second-order valence-electron chi connectivity index (χ2n) is 3.84. The van der Waals surface area contributed by atoms with E-state index < -0.39 is 0 Å². The third-order valence-corrected chi connectivity index (χ3v) is 2.64. The minimum Gasteiger partial charge on any atom is -0.356 e. The van der Waals surface area contributed by atoms with Crippen molar-refractivity contribution in [3.05, 3.63) is 29.5 Å². The predicted octanol–water partition coefficient (Wildman–Crippen LogP) is 2.42. The molecule has 0 aliphatic heterocycles. The van der Waals surface area contributed by atoms with Gasteiger partial charge in [0.05, 0.1) is 5.69 Å². The fraction of sp³-hybridized carbons (Fsp3) is 0.417. The van der Waals surface area contributed by atoms with Crippen molar-refractivity contribution in [1.82, 2.24) is 5.16 Å². The number of hydrogen-bond acceptors (Lipinski definition) is 3. The van der Waals surface area contributed by atoms with E-state index in [9.17, 15) is 0 Å². The van der Waals surface area contributed by atoms with Crippen LogP contribution in [0, 0.1) is 6.92 Å². The number of fused-ring (bicyclic) bond motifs is 1. The van der Waals surface area contributed by atoms with Gasteiger partial charge in [0, 0.05) is 5.39 Å². The summed E-state index contributed by atoms with van der Waals surface area (Å²) < 4.78 is 5.22. The lowest BCUT2D eigenvalue weighted by Crippen LogP contribution is -1.98. The Balaban J connectivity index is 2.16. The van der Waals surface area contributed by atoms with Gasteiger partial charge in [0.15, 0.2) is 5.58 Å². The third-order valence-electron chi connectivity index (χ3n) is 2.64. The van der Waals surface area contributed by atoms with Gasteiger partial charge in [-0.05, 0) is 50.4 Å². The largest absolute Gasteiger partial charge is 0.356 e. The summed E-state index contributed by atoms with van der Waals surface area (Å²) in [4.78, 5) is 0. The van der Waals surface area contributed by atoms with E-state index in [4.69, 9.17) is 10.3 Å². The number of nitrogens with zero attached hydrogens (tertiary/aromatic N) is 1. The Morgan fingerprint density at radius 2 is 2.20 bits per heavy atom. The lowest BCUT2D eigenvalue weighted by Gasteiger charge is -1.99. The van der Waals surface area contributed by atoms with Crippen LogP contribution in [0.15, 0.2) is 22.7 Å². The Hall–Kier alpha value is -1.35. The molecular weight excluding hydrogens is 188 g/mol. The van der Waals surface area contributed by atoms with Crippen molar-refractivity contribution in [2.45, 2.75) is 26.2 Å². The first-order valence-electron chi connectivity index (χ1n) is 5.36. The van der Waals surface area contributed by atoms with Crippen LogP contribution in [-0.4, -0.2) is 11.7 Å². The number of nitrogens with two attached hydrogens (primary N) is 1. The average Bonchev–Trinajstić information content (AvgIpc) is 2.61. The Bertz CT molecular complexity index is 448. The van der Waals surface area contributed by atoms with E-state index in [0.717, 1.165) is 42.5 Å². The predicted molar refractivity (Wildman–Crippen MR) is 60.7 cm³/mol. The molecule has 0 spiro atoms. The van der Waals surface area contributed by atoms with Crippen molar-refractivity contribution in [2.24, 2.45) is 5.73 Å². The van der Waals surface area contributed by atoms with Gasteiger partial charge in [-0.15, -0.1) is 0 Å². The van der Waals surface area contributed by atoms with Crippen molar-refractivity contribution in [2.75, 3.05) is 6.54 Å². The van der Waals surface area contributed by atoms with Gasteiger partial charge in [-0.2, -0.15) is 0 Å². The molecule has 0 radical (unpaired) electrons. The Morgan fingerprint density at radius 1 is 1.33 bits per heavy atom. The molecule has 0 fully saturated rings. The fourth-order valence-electron chi connectivity index (χ4n) is 1.74. The first kappa shape index (κ1) is 10.2. The van der Waals surface area contributed by atoms with Gasteiger partial charge >= 0.3 is 0 Å². The van der Waals surface area contributed by atoms with Crippen molar-refractivity contribution in [3.8, 4) is 0 Å². The van der Waals surface area contributed by atoms with E-state index in [1.165, 1.54) is 5.56 Å². The van der Waals surface area contributed by atoms with Crippen LogP contribution in [0.1, 0.15) is 24.1 Å². The summed E-state index contributed by atoms with van der Waals surface area (Å²) in [6.07, 6.45) is 3.27. The highest BCUT2D eigenvalue weighted by Gasteiger charge is 2.04. The van der Waals surface area contributed by atoms with Crippen LogP contribution in [-0.2, 0) is 6.42 Å². The monoisotopic (exact) mass is 204 g/mol. The Labute approximate surface area is 89.2 Å². The van der Waals surface area contributed by atoms with Crippen LogP contribution in [0.25, 0.3) is 11.0 Å². The summed E-state index contributed by atoms with van der Waals surface area (Å²) in [6.45, 7) is 2.73. The summed E-state index contributed by atoms with van der Waals surface area (Å²) in [5.41, 5.74) is 8.60. The zero-order chi connectivity index (χ0) is 10.7. The number of aryl methyl sites for hydroxylation is 2. The molecule has 0 atom stereocenters. The molecule has 3 nitrogen and oxygen atoms in total. The molecule has 80 valence electrons. The number of rotatable bonds is 4. The van der Waals surface area contributed by atoms with Gasteiger partial charge in [-0.25, -0.2) is 0 Å². The SMILES string of the molecule is Cc1noc2cc(CCCCN)ccc12. The number of aromatic nitrogens is 1. The maximum absolute atomic E-state index is 5.46. The molecule has 0 aliphatic rings. The molecule has 1 aromatic heterocycles. The standard InChI is InChI=1S/C12H16N2O/c1-9-11-6-5-10(4-2-3-7-13)8-12(11)15-14-9/h5-6,8H,2-4,7,13H2,1H3. The summed E-state index contributed by atoms with van der Waals surface area (Å²) >= 11 is 0. The zero-order valence-electron chi connectivity index (χ0n) is 8.99. The van der Waals surface area contributed by atoms with Crippen LogP contribution >= 0.6 is 0 Å². The van der Waals surface area contributed by atoms with Crippen molar-refractivity contribution < 1.29 is 4.52 Å². The molecule has 0 unspecified atom stereocenters. The van der Waals surface area contributed by atoms with E-state index in [0.29, 0.717) is 0 Å². The quantitative estimate of drug-likeness (QED) is 0.778. The first-order chi connectivity index (χ1) is 7.31. The summed E-state index contributed by atoms with van der Waals surface area (Å²) in [5, 5.41) is 5.05. The fourth-order valence-corrected chi connectivity index (χ4v) is 1.74. The molecule has 0 amide bonds. The minimum atomic E-state index is 0.768. The van der Waals surface area contributed by atoms with Gasteiger partial charge in [0.1, 0.15) is 0 Å². The Kier molecular flexibility index (Phi) is 3.02. The number of hydrogen-bond donors (Lipinski definition) is 1. The molecule has 2 N–H and O–H groups in total. The molecule has 1 heterocycles. The molecular formula is C12H16N2O. The van der Waals surface area contributed by atoms with Crippen LogP contribution in [0.5, 0.6) is 0 Å². The minimum absolute atomic E-state index is 0.768. The number of benzene rings is 1. The maximum Gasteiger partial charge on any atom is 0.167 e. The smallest absolute Gasteiger partial charge is 0.167 e. The molecule has 1 aromatic carbocycles. The topological polar surface area (TPSA) is 52.0 Å². The molecule has 3 heteroatoms. The van der Waals surface area contributed by atoms with E-state index in [1.807, 2.05) is 6.92 Å². The van der Waals surface area contributed by atoms with Crippen LogP contribution in [0.4, 0.5) is 0 Å². The highest BCUT2D eigenvalue weighted by Crippen LogP contribution is 2.19. The van der Waals surface area contributed by atoms with E-state index in [2.05, 4.69) is 23.4 Å². The second kappa shape index (κ2) is 4.45. The van der Waals surface area contributed by atoms with E-state index in [-0.39, 0.29) is 0 Å². The summed E-state index contributed by atoms with van der Waals surface area (Å²) in [5.74, 6) is 0. The molecule has 0 saturated heterocycles. The lowest BCUT2D eigenvalue weighted by molar-refractivity contribution is 0.450. The molecule has 2 aromatic rings. The van der Waals surface area contributed by atoms with Gasteiger partial charge in [0.2, 0.25) is 0 Å². The third kappa shape index (κ3) is 2.18. The summed E-state index contributed by atoms with van der Waals surface area (Å²) in [7, 11) is 0. The lowest BCUT2D eigenvalue weighted by atomic mass is 10.1. The highest BCUT2D eigenvalue weighted by atomic mass is 16.5. The number of unbranched alkanes of at least 4 members (excludes halogenated alkanes) is 1. The first-order valence-corrected chi connectivity index (χ1v) is 5.36.